The molecule has 1 aromatic carbocycles. The first kappa shape index (κ1) is 19.8. The third kappa shape index (κ3) is 6.02. The van der Waals surface area contributed by atoms with E-state index in [0.29, 0.717) is 19.6 Å². The lowest BCUT2D eigenvalue weighted by molar-refractivity contribution is -0.862. The van der Waals surface area contributed by atoms with E-state index in [4.69, 9.17) is 4.74 Å². The number of morpholine rings is 1. The lowest BCUT2D eigenvalue weighted by atomic mass is 10.2. The summed E-state index contributed by atoms with van der Waals surface area (Å²) in [6, 6.07) is 7.71. The number of carbonyl (C=O) groups excluding carboxylic acids is 2. The van der Waals surface area contributed by atoms with E-state index in [9.17, 15) is 9.59 Å². The zero-order chi connectivity index (χ0) is 18.4. The summed E-state index contributed by atoms with van der Waals surface area (Å²) in [6.45, 7) is 5.74. The van der Waals surface area contributed by atoms with Crippen LogP contribution in [0.15, 0.2) is 29.2 Å². The van der Waals surface area contributed by atoms with Gasteiger partial charge in [0, 0.05) is 18.0 Å². The number of amides is 2. The van der Waals surface area contributed by atoms with Crippen LogP contribution in [0, 0.1) is 0 Å². The number of quaternary nitrogens is 1. The summed E-state index contributed by atoms with van der Waals surface area (Å²) in [6.07, 6.45) is 2.09. The Bertz CT molecular complexity index is 601. The zero-order valence-electron chi connectivity index (χ0n) is 15.4. The van der Waals surface area contributed by atoms with Gasteiger partial charge in [0.15, 0.2) is 13.1 Å². The minimum Gasteiger partial charge on any atom is -0.372 e. The summed E-state index contributed by atoms with van der Waals surface area (Å²) >= 11 is 1.59. The van der Waals surface area contributed by atoms with Crippen LogP contribution in [-0.4, -0.2) is 68.4 Å². The van der Waals surface area contributed by atoms with E-state index in [1.54, 1.807) is 11.8 Å². The zero-order valence-corrected chi connectivity index (χ0v) is 16.2. The molecule has 3 atom stereocenters. The molecule has 2 N–H and O–H groups in total. The summed E-state index contributed by atoms with van der Waals surface area (Å²) < 4.78 is 5.66. The van der Waals surface area contributed by atoms with Crippen molar-refractivity contribution in [2.75, 3.05) is 44.8 Å². The topological polar surface area (TPSA) is 63.1 Å². The van der Waals surface area contributed by atoms with Crippen LogP contribution in [-0.2, 0) is 14.3 Å². The van der Waals surface area contributed by atoms with Gasteiger partial charge in [0.25, 0.3) is 11.8 Å². The van der Waals surface area contributed by atoms with Crippen LogP contribution in [0.5, 0.6) is 0 Å². The van der Waals surface area contributed by atoms with Gasteiger partial charge >= 0.3 is 0 Å². The molecule has 1 saturated heterocycles. The van der Waals surface area contributed by atoms with Crippen LogP contribution >= 0.6 is 11.8 Å². The Morgan fingerprint density at radius 2 is 1.88 bits per heavy atom. The highest BCUT2D eigenvalue weighted by Crippen LogP contribution is 2.24. The lowest BCUT2D eigenvalue weighted by Gasteiger charge is -2.35. The van der Waals surface area contributed by atoms with Crippen molar-refractivity contribution < 1.29 is 19.2 Å². The lowest BCUT2D eigenvalue weighted by Crippen LogP contribution is -3.11. The number of nitrogens with zero attached hydrogens (tertiary/aromatic N) is 1. The Balaban J connectivity index is 1.83. The molecule has 25 heavy (non-hydrogen) atoms. The number of hydrogen-bond donors (Lipinski definition) is 2. The molecule has 7 heteroatoms. The van der Waals surface area contributed by atoms with Crippen molar-refractivity contribution >= 4 is 29.3 Å². The standard InChI is InChI=1S/C18H27N3O3S/c1-13-9-21(10-14(2)24-13)18(23)12-20(3)11-17(22)19-15-7-5-6-8-16(15)25-4/h5-8,13-14H,9-12H2,1-4H3,(H,19,22)/p+1/t13-,14-/m1/s1. The highest BCUT2D eigenvalue weighted by atomic mass is 32.2. The fraction of sp³-hybridized carbons (Fsp3) is 0.556. The molecule has 0 bridgehead atoms. The van der Waals surface area contributed by atoms with Crippen LogP contribution in [0.25, 0.3) is 0 Å². The summed E-state index contributed by atoms with van der Waals surface area (Å²) in [5, 5.41) is 2.93. The number of rotatable bonds is 6. The maximum atomic E-state index is 12.5. The number of ether oxygens (including phenoxy) is 1. The van der Waals surface area contributed by atoms with Crippen molar-refractivity contribution in [1.82, 2.24) is 4.90 Å². The minimum atomic E-state index is -0.0875. The molecule has 0 spiro atoms. The van der Waals surface area contributed by atoms with Gasteiger partial charge in [-0.1, -0.05) is 12.1 Å². The first-order valence-electron chi connectivity index (χ1n) is 8.56. The molecule has 1 heterocycles. The quantitative estimate of drug-likeness (QED) is 0.720. The van der Waals surface area contributed by atoms with Crippen LogP contribution < -0.4 is 10.2 Å². The van der Waals surface area contributed by atoms with E-state index in [-0.39, 0.29) is 30.6 Å². The number of anilines is 1. The molecule has 138 valence electrons. The molecule has 0 aliphatic carbocycles. The molecule has 2 amide bonds. The second-order valence-electron chi connectivity index (χ2n) is 6.62. The number of benzene rings is 1. The molecule has 1 aliphatic rings. The van der Waals surface area contributed by atoms with E-state index < -0.39 is 0 Å². The third-order valence-corrected chi connectivity index (χ3v) is 4.86. The molecular weight excluding hydrogens is 338 g/mol. The average molecular weight is 367 g/mol. The van der Waals surface area contributed by atoms with Gasteiger partial charge in [0.1, 0.15) is 0 Å². The van der Waals surface area contributed by atoms with E-state index in [1.165, 1.54) is 0 Å². The highest BCUT2D eigenvalue weighted by Gasteiger charge is 2.27. The summed E-state index contributed by atoms with van der Waals surface area (Å²) in [5.74, 6) is -0.0210. The number of likely N-dealkylation sites (N-methyl/N-ethyl adjacent to an activating group) is 1. The Kier molecular flexibility index (Phi) is 7.28. The van der Waals surface area contributed by atoms with Crippen molar-refractivity contribution in [3.8, 4) is 0 Å². The van der Waals surface area contributed by atoms with Crippen molar-refractivity contribution in [2.45, 2.75) is 31.0 Å². The van der Waals surface area contributed by atoms with Crippen molar-refractivity contribution in [2.24, 2.45) is 0 Å². The fourth-order valence-electron chi connectivity index (χ4n) is 3.03. The van der Waals surface area contributed by atoms with Crippen molar-refractivity contribution in [1.29, 1.82) is 0 Å². The predicted molar refractivity (Wildman–Crippen MR) is 100 cm³/mol. The van der Waals surface area contributed by atoms with Crippen molar-refractivity contribution in [3.63, 3.8) is 0 Å². The number of thioether (sulfide) groups is 1. The highest BCUT2D eigenvalue weighted by molar-refractivity contribution is 7.98. The van der Waals surface area contributed by atoms with Gasteiger partial charge in [-0.3, -0.25) is 9.59 Å². The van der Waals surface area contributed by atoms with E-state index in [2.05, 4.69) is 5.32 Å². The van der Waals surface area contributed by atoms with Gasteiger partial charge in [-0.2, -0.15) is 0 Å². The van der Waals surface area contributed by atoms with E-state index in [0.717, 1.165) is 15.5 Å². The van der Waals surface area contributed by atoms with Gasteiger partial charge in [-0.15, -0.1) is 11.8 Å². The van der Waals surface area contributed by atoms with Crippen LogP contribution in [0.2, 0.25) is 0 Å². The molecule has 0 saturated carbocycles. The van der Waals surface area contributed by atoms with Crippen LogP contribution in [0.4, 0.5) is 5.69 Å². The first-order chi connectivity index (χ1) is 11.9. The second-order valence-corrected chi connectivity index (χ2v) is 7.46. The third-order valence-electron chi connectivity index (χ3n) is 4.07. The number of para-hydroxylation sites is 1. The Morgan fingerprint density at radius 3 is 2.52 bits per heavy atom. The molecule has 1 fully saturated rings. The maximum absolute atomic E-state index is 12.5. The number of carbonyl (C=O) groups is 2. The predicted octanol–water partition coefficient (Wildman–Crippen LogP) is 0.498. The first-order valence-corrected chi connectivity index (χ1v) is 9.79. The monoisotopic (exact) mass is 366 g/mol. The van der Waals surface area contributed by atoms with Gasteiger partial charge < -0.3 is 19.9 Å². The Hall–Kier alpha value is -1.57. The molecule has 6 nitrogen and oxygen atoms in total. The fourth-order valence-corrected chi connectivity index (χ4v) is 3.58. The SMILES string of the molecule is CSc1ccccc1NC(=O)C[NH+](C)CC(=O)N1C[C@@H](C)O[C@H](C)C1. The van der Waals surface area contributed by atoms with Gasteiger partial charge in [-0.25, -0.2) is 0 Å². The largest absolute Gasteiger partial charge is 0.372 e. The van der Waals surface area contributed by atoms with Crippen LogP contribution in [0.1, 0.15) is 13.8 Å². The molecule has 1 aromatic rings. The van der Waals surface area contributed by atoms with E-state index in [1.807, 2.05) is 56.3 Å². The summed E-state index contributed by atoms with van der Waals surface area (Å²) in [7, 11) is 1.87. The normalized spacial score (nSPS) is 21.7. The average Bonchev–Trinajstić information content (AvgIpc) is 2.54. The second kappa shape index (κ2) is 9.22. The van der Waals surface area contributed by atoms with Crippen molar-refractivity contribution in [3.05, 3.63) is 24.3 Å². The maximum Gasteiger partial charge on any atom is 0.279 e. The Labute approximate surface area is 153 Å². The summed E-state index contributed by atoms with van der Waals surface area (Å²) in [5.41, 5.74) is 0.815. The molecule has 1 unspecified atom stereocenters. The minimum absolute atomic E-state index is 0.0550. The molecular formula is C18H28N3O3S+. The smallest absolute Gasteiger partial charge is 0.279 e. The van der Waals surface area contributed by atoms with E-state index >= 15 is 0 Å². The molecule has 0 aromatic heterocycles. The van der Waals surface area contributed by atoms with Crippen LogP contribution in [0.3, 0.4) is 0 Å². The van der Waals surface area contributed by atoms with Gasteiger partial charge in [0.2, 0.25) is 0 Å². The Morgan fingerprint density at radius 1 is 1.24 bits per heavy atom. The number of hydrogen-bond acceptors (Lipinski definition) is 4. The number of nitrogens with one attached hydrogen (secondary N) is 2. The van der Waals surface area contributed by atoms with Gasteiger partial charge in [0.05, 0.1) is 24.9 Å². The van der Waals surface area contributed by atoms with Gasteiger partial charge in [-0.05, 0) is 32.2 Å². The molecule has 2 rings (SSSR count). The summed E-state index contributed by atoms with van der Waals surface area (Å²) in [4.78, 5) is 28.5. The molecule has 0 radical (unpaired) electrons. The molecule has 1 aliphatic heterocycles.